The van der Waals surface area contributed by atoms with Gasteiger partial charge in [0.15, 0.2) is 0 Å². The van der Waals surface area contributed by atoms with Crippen molar-refractivity contribution in [2.24, 2.45) is 23.7 Å². The molecule has 4 unspecified atom stereocenters. The summed E-state index contributed by atoms with van der Waals surface area (Å²) in [6.07, 6.45) is 7.76. The number of aliphatic hydroxyl groups is 1. The summed E-state index contributed by atoms with van der Waals surface area (Å²) < 4.78 is 5.52. The Kier molecular flexibility index (Phi) is 3.82. The van der Waals surface area contributed by atoms with Crippen molar-refractivity contribution in [3.63, 3.8) is 0 Å². The van der Waals surface area contributed by atoms with E-state index < -0.39 is 5.60 Å². The lowest BCUT2D eigenvalue weighted by Gasteiger charge is -2.58. The van der Waals surface area contributed by atoms with Crippen LogP contribution in [0.25, 0.3) is 0 Å². The molecule has 4 bridgehead atoms. The number of amides is 1. The van der Waals surface area contributed by atoms with Crippen LogP contribution in [0.4, 0.5) is 0 Å². The molecule has 5 aliphatic carbocycles. The van der Waals surface area contributed by atoms with Crippen LogP contribution >= 0.6 is 0 Å². The third-order valence-corrected chi connectivity index (χ3v) is 7.58. The van der Waals surface area contributed by atoms with Gasteiger partial charge >= 0.3 is 0 Å². The van der Waals surface area contributed by atoms with Crippen molar-refractivity contribution in [1.29, 1.82) is 0 Å². The van der Waals surface area contributed by atoms with Gasteiger partial charge in [0.1, 0.15) is 5.75 Å². The molecule has 2 N–H and O–H groups in total. The Morgan fingerprint density at radius 2 is 2.00 bits per heavy atom. The SMILES string of the molecule is COc1cccc2c1CC(C(=O)NC1[C@@H]3CC4C[C@H]1CC(O)(C4)C3)CC2. The zero-order chi connectivity index (χ0) is 17.9. The van der Waals surface area contributed by atoms with Gasteiger partial charge in [-0.05, 0) is 86.3 Å². The molecule has 4 fully saturated rings. The van der Waals surface area contributed by atoms with Gasteiger partial charge in [-0.1, -0.05) is 12.1 Å². The molecule has 0 heterocycles. The Balaban J connectivity index is 1.30. The Hall–Kier alpha value is -1.55. The molecule has 1 aromatic rings. The Labute approximate surface area is 155 Å². The van der Waals surface area contributed by atoms with Gasteiger partial charge in [0.05, 0.1) is 12.7 Å². The number of rotatable bonds is 3. The maximum absolute atomic E-state index is 13.1. The van der Waals surface area contributed by atoms with Gasteiger partial charge in [0.2, 0.25) is 5.91 Å². The van der Waals surface area contributed by atoms with Gasteiger partial charge < -0.3 is 15.2 Å². The van der Waals surface area contributed by atoms with Gasteiger partial charge in [-0.2, -0.15) is 0 Å². The average molecular weight is 355 g/mol. The third kappa shape index (κ3) is 2.65. The number of aryl methyl sites for hydroxylation is 1. The smallest absolute Gasteiger partial charge is 0.223 e. The minimum Gasteiger partial charge on any atom is -0.496 e. The molecule has 0 radical (unpaired) electrons. The highest BCUT2D eigenvalue weighted by atomic mass is 16.5. The first-order valence-corrected chi connectivity index (χ1v) is 10.2. The second-order valence-corrected chi connectivity index (χ2v) is 9.27. The number of hydrogen-bond acceptors (Lipinski definition) is 3. The van der Waals surface area contributed by atoms with E-state index in [1.54, 1.807) is 7.11 Å². The first kappa shape index (κ1) is 16.6. The molecule has 0 aromatic heterocycles. The number of nitrogens with one attached hydrogen (secondary N) is 1. The summed E-state index contributed by atoms with van der Waals surface area (Å²) in [5.74, 6) is 2.79. The van der Waals surface area contributed by atoms with Crippen molar-refractivity contribution >= 4 is 5.91 Å². The number of hydrogen-bond donors (Lipinski definition) is 2. The molecule has 1 aromatic carbocycles. The number of benzene rings is 1. The Bertz CT molecular complexity index is 700. The van der Waals surface area contributed by atoms with Gasteiger partial charge in [-0.3, -0.25) is 4.79 Å². The summed E-state index contributed by atoms with van der Waals surface area (Å²) in [4.78, 5) is 13.1. The predicted molar refractivity (Wildman–Crippen MR) is 98.9 cm³/mol. The van der Waals surface area contributed by atoms with E-state index >= 15 is 0 Å². The number of fused-ring (bicyclic) bond motifs is 1. The minimum absolute atomic E-state index is 0.0408. The molecular formula is C22H29NO3. The van der Waals surface area contributed by atoms with Crippen LogP contribution in [-0.4, -0.2) is 29.8 Å². The van der Waals surface area contributed by atoms with Crippen LogP contribution in [0.3, 0.4) is 0 Å². The van der Waals surface area contributed by atoms with E-state index in [1.165, 1.54) is 24.0 Å². The number of ether oxygens (including phenoxy) is 1. The second-order valence-electron chi connectivity index (χ2n) is 9.27. The number of carbonyl (C=O) groups is 1. The summed E-state index contributed by atoms with van der Waals surface area (Å²) in [6.45, 7) is 0. The topological polar surface area (TPSA) is 58.6 Å². The summed E-state index contributed by atoms with van der Waals surface area (Å²) in [7, 11) is 1.71. The van der Waals surface area contributed by atoms with Gasteiger partial charge in [-0.15, -0.1) is 0 Å². The fourth-order valence-electron chi connectivity index (χ4n) is 6.67. The second kappa shape index (κ2) is 5.98. The molecule has 6 rings (SSSR count). The molecular weight excluding hydrogens is 326 g/mol. The van der Waals surface area contributed by atoms with E-state index in [9.17, 15) is 9.90 Å². The Morgan fingerprint density at radius 3 is 2.69 bits per heavy atom. The predicted octanol–water partition coefficient (Wildman–Crippen LogP) is 2.86. The molecule has 6 atom stereocenters. The molecule has 0 aliphatic heterocycles. The lowest BCUT2D eigenvalue weighted by Crippen LogP contribution is -2.62. The highest BCUT2D eigenvalue weighted by Gasteiger charge is 2.55. The van der Waals surface area contributed by atoms with Crippen molar-refractivity contribution in [1.82, 2.24) is 5.32 Å². The van der Waals surface area contributed by atoms with Crippen LogP contribution in [0.2, 0.25) is 0 Å². The summed E-state index contributed by atoms with van der Waals surface area (Å²) in [5.41, 5.74) is 2.10. The average Bonchev–Trinajstić information content (AvgIpc) is 2.62. The van der Waals surface area contributed by atoms with Gasteiger partial charge in [0.25, 0.3) is 0 Å². The van der Waals surface area contributed by atoms with Crippen molar-refractivity contribution in [2.45, 2.75) is 63.0 Å². The fourth-order valence-corrected chi connectivity index (χ4v) is 6.67. The van der Waals surface area contributed by atoms with Crippen LogP contribution in [0.15, 0.2) is 18.2 Å². The molecule has 140 valence electrons. The van der Waals surface area contributed by atoms with Gasteiger partial charge in [-0.25, -0.2) is 0 Å². The molecule has 0 spiro atoms. The van der Waals surface area contributed by atoms with E-state index in [0.717, 1.165) is 44.3 Å². The van der Waals surface area contributed by atoms with Crippen molar-refractivity contribution < 1.29 is 14.6 Å². The van der Waals surface area contributed by atoms with E-state index in [2.05, 4.69) is 11.4 Å². The number of methoxy groups -OCH3 is 1. The fraction of sp³-hybridized carbons (Fsp3) is 0.682. The maximum Gasteiger partial charge on any atom is 0.223 e. The standard InChI is InChI=1S/C22H29NO3/c1-26-19-4-2-3-14-5-6-15(9-18(14)19)21(24)23-20-16-7-13-8-17(20)12-22(25,10-13)11-16/h2-4,13,15-17,20,25H,5-12H2,1H3,(H,23,24)/t13?,15?,16-,17+,20?,22?. The van der Waals surface area contributed by atoms with E-state index in [-0.39, 0.29) is 17.9 Å². The first-order valence-electron chi connectivity index (χ1n) is 10.2. The van der Waals surface area contributed by atoms with E-state index in [0.29, 0.717) is 17.8 Å². The van der Waals surface area contributed by atoms with Crippen LogP contribution in [0.5, 0.6) is 5.75 Å². The highest BCUT2D eigenvalue weighted by molar-refractivity contribution is 5.80. The quantitative estimate of drug-likeness (QED) is 0.877. The normalized spacial score (nSPS) is 40.2. The maximum atomic E-state index is 13.1. The van der Waals surface area contributed by atoms with Crippen molar-refractivity contribution in [3.8, 4) is 5.75 Å². The van der Waals surface area contributed by atoms with E-state index in [4.69, 9.17) is 4.74 Å². The molecule has 4 heteroatoms. The lowest BCUT2D eigenvalue weighted by molar-refractivity contribution is -0.148. The van der Waals surface area contributed by atoms with Crippen molar-refractivity contribution in [2.75, 3.05) is 7.11 Å². The lowest BCUT2D eigenvalue weighted by atomic mass is 9.52. The molecule has 4 saturated carbocycles. The van der Waals surface area contributed by atoms with Crippen LogP contribution < -0.4 is 10.1 Å². The van der Waals surface area contributed by atoms with Crippen LogP contribution in [0.1, 0.15) is 49.7 Å². The molecule has 26 heavy (non-hydrogen) atoms. The largest absolute Gasteiger partial charge is 0.496 e. The zero-order valence-electron chi connectivity index (χ0n) is 15.5. The molecule has 0 saturated heterocycles. The zero-order valence-corrected chi connectivity index (χ0v) is 15.5. The first-order chi connectivity index (χ1) is 12.5. The van der Waals surface area contributed by atoms with Gasteiger partial charge in [0, 0.05) is 12.0 Å². The molecule has 5 aliphatic rings. The van der Waals surface area contributed by atoms with Crippen molar-refractivity contribution in [3.05, 3.63) is 29.3 Å². The summed E-state index contributed by atoms with van der Waals surface area (Å²) in [6, 6.07) is 6.47. The summed E-state index contributed by atoms with van der Waals surface area (Å²) >= 11 is 0. The van der Waals surface area contributed by atoms with Crippen LogP contribution in [-0.2, 0) is 17.6 Å². The number of carbonyl (C=O) groups excluding carboxylic acids is 1. The monoisotopic (exact) mass is 355 g/mol. The Morgan fingerprint density at radius 1 is 1.23 bits per heavy atom. The highest BCUT2D eigenvalue weighted by Crippen LogP contribution is 2.55. The molecule has 4 nitrogen and oxygen atoms in total. The van der Waals surface area contributed by atoms with E-state index in [1.807, 2.05) is 12.1 Å². The minimum atomic E-state index is -0.436. The third-order valence-electron chi connectivity index (χ3n) is 7.58. The van der Waals surface area contributed by atoms with Crippen LogP contribution in [0, 0.1) is 23.7 Å². The summed E-state index contributed by atoms with van der Waals surface area (Å²) in [5, 5.41) is 14.2. The molecule has 1 amide bonds.